The zero-order valence-corrected chi connectivity index (χ0v) is 16.8. The average Bonchev–Trinajstić information content (AvgIpc) is 3.24. The molecule has 0 saturated heterocycles. The molecule has 1 aromatic carbocycles. The average molecular weight is 380 g/mol. The number of aromatic nitrogens is 4. The Labute approximate surface area is 164 Å². The maximum absolute atomic E-state index is 12.0. The molecule has 0 saturated carbocycles. The number of rotatable bonds is 6. The first kappa shape index (κ1) is 19.5. The number of aryl methyl sites for hydroxylation is 2. The number of hydrogen-bond acceptors (Lipinski definition) is 6. The summed E-state index contributed by atoms with van der Waals surface area (Å²) in [6.07, 6.45) is 3.08. The molecule has 0 aliphatic carbocycles. The molecule has 0 fully saturated rings. The van der Waals surface area contributed by atoms with Gasteiger partial charge in [-0.25, -0.2) is 4.79 Å². The van der Waals surface area contributed by atoms with Crippen LogP contribution >= 0.6 is 0 Å². The van der Waals surface area contributed by atoms with Crippen LogP contribution in [0.2, 0.25) is 0 Å². The van der Waals surface area contributed by atoms with Crippen LogP contribution in [0.4, 0.5) is 0 Å². The minimum Gasteiger partial charge on any atom is -0.452 e. The zero-order valence-electron chi connectivity index (χ0n) is 16.8. The molecule has 0 N–H and O–H groups in total. The van der Waals surface area contributed by atoms with E-state index in [0.29, 0.717) is 11.7 Å². The number of carbonyl (C=O) groups excluding carboxylic acids is 1. The molecule has 0 radical (unpaired) electrons. The van der Waals surface area contributed by atoms with Crippen molar-refractivity contribution in [2.24, 2.45) is 7.05 Å². The van der Waals surface area contributed by atoms with Gasteiger partial charge in [0.1, 0.15) is 0 Å². The van der Waals surface area contributed by atoms with Crippen molar-refractivity contribution in [3.63, 3.8) is 0 Å². The fourth-order valence-corrected chi connectivity index (χ4v) is 2.81. The van der Waals surface area contributed by atoms with Crippen molar-refractivity contribution in [2.75, 3.05) is 0 Å². The van der Waals surface area contributed by atoms with Crippen molar-refractivity contribution in [2.45, 2.75) is 40.2 Å². The van der Waals surface area contributed by atoms with Gasteiger partial charge in [0.05, 0.1) is 5.69 Å². The summed E-state index contributed by atoms with van der Waals surface area (Å²) in [5.74, 6) is 0.696. The van der Waals surface area contributed by atoms with E-state index in [0.717, 1.165) is 22.5 Å². The fourth-order valence-electron chi connectivity index (χ4n) is 2.81. The summed E-state index contributed by atoms with van der Waals surface area (Å²) in [7, 11) is 1.86. The lowest BCUT2D eigenvalue weighted by Crippen LogP contribution is -2.01. The Hall–Kier alpha value is -3.22. The Kier molecular flexibility index (Phi) is 5.73. The second-order valence-electron chi connectivity index (χ2n) is 6.94. The first-order valence-electron chi connectivity index (χ1n) is 9.13. The smallest absolute Gasteiger partial charge is 0.331 e. The quantitative estimate of drug-likeness (QED) is 0.475. The molecule has 0 spiro atoms. The van der Waals surface area contributed by atoms with Crippen molar-refractivity contribution in [3.05, 3.63) is 58.7 Å². The number of nitrogens with zero attached hydrogens (tertiary/aromatic N) is 4. The zero-order chi connectivity index (χ0) is 20.3. The number of ether oxygens (including phenoxy) is 1. The van der Waals surface area contributed by atoms with Crippen molar-refractivity contribution in [1.29, 1.82) is 0 Å². The summed E-state index contributed by atoms with van der Waals surface area (Å²) in [5.41, 5.74) is 4.84. The van der Waals surface area contributed by atoms with E-state index in [1.54, 1.807) is 10.8 Å². The second kappa shape index (κ2) is 8.21. The maximum Gasteiger partial charge on any atom is 0.331 e. The molecule has 3 aromatic rings. The summed E-state index contributed by atoms with van der Waals surface area (Å²) in [6, 6.07) is 8.00. The van der Waals surface area contributed by atoms with Crippen molar-refractivity contribution in [1.82, 2.24) is 19.9 Å². The summed E-state index contributed by atoms with van der Waals surface area (Å²) in [5, 5.41) is 8.26. The fraction of sp³-hybridized carbons (Fsp3) is 0.333. The van der Waals surface area contributed by atoms with E-state index >= 15 is 0 Å². The number of benzene rings is 1. The SMILES string of the molecule is Cc1nn(C)c(C)c1/C=C/C(=O)OCc1nc(-c2ccc(C(C)C)cc2)no1. The van der Waals surface area contributed by atoms with Gasteiger partial charge in [-0.05, 0) is 31.4 Å². The molecule has 2 aromatic heterocycles. The van der Waals surface area contributed by atoms with Gasteiger partial charge in [-0.2, -0.15) is 10.1 Å². The van der Waals surface area contributed by atoms with Crippen LogP contribution in [0, 0.1) is 13.8 Å². The van der Waals surface area contributed by atoms with Crippen LogP contribution in [0.15, 0.2) is 34.9 Å². The van der Waals surface area contributed by atoms with Gasteiger partial charge < -0.3 is 9.26 Å². The van der Waals surface area contributed by atoms with E-state index in [1.807, 2.05) is 45.2 Å². The van der Waals surface area contributed by atoms with Crippen LogP contribution < -0.4 is 0 Å². The number of carbonyl (C=O) groups is 1. The minimum atomic E-state index is -0.483. The van der Waals surface area contributed by atoms with Crippen LogP contribution in [-0.4, -0.2) is 25.9 Å². The van der Waals surface area contributed by atoms with Crippen LogP contribution in [0.1, 0.15) is 48.2 Å². The molecule has 0 aliphatic rings. The number of hydrogen-bond donors (Lipinski definition) is 0. The highest BCUT2D eigenvalue weighted by molar-refractivity contribution is 5.87. The second-order valence-corrected chi connectivity index (χ2v) is 6.94. The Morgan fingerprint density at radius 1 is 1.25 bits per heavy atom. The Bertz CT molecular complexity index is 997. The van der Waals surface area contributed by atoms with Gasteiger partial charge in [0.15, 0.2) is 6.61 Å². The van der Waals surface area contributed by atoms with Crippen LogP contribution in [-0.2, 0) is 23.2 Å². The molecule has 7 nitrogen and oxygen atoms in total. The van der Waals surface area contributed by atoms with Crippen molar-refractivity contribution < 1.29 is 14.1 Å². The van der Waals surface area contributed by atoms with Crippen molar-refractivity contribution >= 4 is 12.0 Å². The summed E-state index contributed by atoms with van der Waals surface area (Å²) in [4.78, 5) is 16.3. The van der Waals surface area contributed by atoms with E-state index in [2.05, 4.69) is 29.1 Å². The van der Waals surface area contributed by atoms with E-state index in [1.165, 1.54) is 11.6 Å². The third-order valence-corrected chi connectivity index (χ3v) is 4.59. The van der Waals surface area contributed by atoms with Gasteiger partial charge in [0.2, 0.25) is 5.82 Å². The normalized spacial score (nSPS) is 11.5. The Morgan fingerprint density at radius 3 is 2.57 bits per heavy atom. The maximum atomic E-state index is 12.0. The topological polar surface area (TPSA) is 83.0 Å². The summed E-state index contributed by atoms with van der Waals surface area (Å²) >= 11 is 0. The van der Waals surface area contributed by atoms with E-state index in [-0.39, 0.29) is 12.5 Å². The molecular weight excluding hydrogens is 356 g/mol. The molecule has 0 unspecified atom stereocenters. The molecule has 146 valence electrons. The van der Waals surface area contributed by atoms with E-state index in [9.17, 15) is 4.79 Å². The third kappa shape index (κ3) is 4.36. The van der Waals surface area contributed by atoms with Crippen LogP contribution in [0.5, 0.6) is 0 Å². The highest BCUT2D eigenvalue weighted by Crippen LogP contribution is 2.20. The Balaban J connectivity index is 1.59. The van der Waals surface area contributed by atoms with Crippen LogP contribution in [0.25, 0.3) is 17.5 Å². The Morgan fingerprint density at radius 2 is 1.96 bits per heavy atom. The lowest BCUT2D eigenvalue weighted by Gasteiger charge is -2.04. The van der Waals surface area contributed by atoms with Crippen LogP contribution in [0.3, 0.4) is 0 Å². The van der Waals surface area contributed by atoms with E-state index < -0.39 is 5.97 Å². The van der Waals surface area contributed by atoms with Gasteiger partial charge in [-0.3, -0.25) is 4.68 Å². The first-order valence-corrected chi connectivity index (χ1v) is 9.13. The summed E-state index contributed by atoms with van der Waals surface area (Å²) in [6.45, 7) is 8.04. The predicted molar refractivity (Wildman–Crippen MR) is 105 cm³/mol. The molecule has 0 atom stereocenters. The molecule has 7 heteroatoms. The van der Waals surface area contributed by atoms with Crippen molar-refractivity contribution in [3.8, 4) is 11.4 Å². The molecule has 0 aliphatic heterocycles. The monoisotopic (exact) mass is 380 g/mol. The van der Waals surface area contributed by atoms with Gasteiger partial charge in [0, 0.05) is 29.9 Å². The minimum absolute atomic E-state index is 0.0781. The first-order chi connectivity index (χ1) is 13.3. The van der Waals surface area contributed by atoms with Gasteiger partial charge >= 0.3 is 5.97 Å². The predicted octanol–water partition coefficient (Wildman–Crippen LogP) is 3.97. The summed E-state index contributed by atoms with van der Waals surface area (Å²) < 4.78 is 12.1. The molecule has 2 heterocycles. The lowest BCUT2D eigenvalue weighted by atomic mass is 10.0. The standard InChI is InChI=1S/C21H24N4O3/c1-13(2)16-6-8-17(9-7-16)21-22-19(28-24-21)12-27-20(26)11-10-18-14(3)23-25(5)15(18)4/h6-11,13H,12H2,1-5H3/b11-10+. The molecule has 3 rings (SSSR count). The van der Waals surface area contributed by atoms with E-state index in [4.69, 9.17) is 9.26 Å². The molecule has 0 bridgehead atoms. The molecular formula is C21H24N4O3. The molecule has 28 heavy (non-hydrogen) atoms. The molecule has 0 amide bonds. The van der Waals surface area contributed by atoms with Gasteiger partial charge in [-0.1, -0.05) is 43.3 Å². The largest absolute Gasteiger partial charge is 0.452 e. The highest BCUT2D eigenvalue weighted by Gasteiger charge is 2.11. The lowest BCUT2D eigenvalue weighted by molar-refractivity contribution is -0.139. The number of esters is 1. The third-order valence-electron chi connectivity index (χ3n) is 4.59. The van der Waals surface area contributed by atoms with Gasteiger partial charge in [0.25, 0.3) is 5.89 Å². The van der Waals surface area contributed by atoms with Gasteiger partial charge in [-0.15, -0.1) is 0 Å². The highest BCUT2D eigenvalue weighted by atomic mass is 16.6.